The SMILES string of the molecule is Cc1ccccc1NC(=O)C(c1ccc(O)cc1)N(CC#N)C(=O)CNC(=O)OC(C)(C)C. The third kappa shape index (κ3) is 7.54. The average Bonchev–Trinajstić information content (AvgIpc) is 2.73. The number of carbonyl (C=O) groups is 3. The molecular weight excluding hydrogens is 424 g/mol. The van der Waals surface area contributed by atoms with Crippen molar-refractivity contribution in [2.75, 3.05) is 18.4 Å². The minimum atomic E-state index is -1.18. The summed E-state index contributed by atoms with van der Waals surface area (Å²) in [6.45, 7) is 6.02. The second kappa shape index (κ2) is 11.0. The normalized spacial score (nSPS) is 11.6. The maximum absolute atomic E-state index is 13.3. The summed E-state index contributed by atoms with van der Waals surface area (Å²) in [5, 5.41) is 24.1. The second-order valence-electron chi connectivity index (χ2n) is 8.33. The van der Waals surface area contributed by atoms with Crippen LogP contribution >= 0.6 is 0 Å². The summed E-state index contributed by atoms with van der Waals surface area (Å²) in [7, 11) is 0. The van der Waals surface area contributed by atoms with Crippen molar-refractivity contribution >= 4 is 23.6 Å². The summed E-state index contributed by atoms with van der Waals surface area (Å²) in [5.74, 6) is -1.21. The van der Waals surface area contributed by atoms with Crippen LogP contribution in [0.5, 0.6) is 5.75 Å². The molecule has 2 rings (SSSR count). The molecule has 0 spiro atoms. The van der Waals surface area contributed by atoms with Crippen LogP contribution in [-0.4, -0.2) is 46.6 Å². The fourth-order valence-electron chi connectivity index (χ4n) is 3.01. The van der Waals surface area contributed by atoms with Gasteiger partial charge in [-0.15, -0.1) is 0 Å². The highest BCUT2D eigenvalue weighted by atomic mass is 16.6. The minimum Gasteiger partial charge on any atom is -0.508 e. The average molecular weight is 453 g/mol. The van der Waals surface area contributed by atoms with Crippen molar-refractivity contribution in [3.05, 3.63) is 59.7 Å². The first-order valence-electron chi connectivity index (χ1n) is 10.3. The summed E-state index contributed by atoms with van der Waals surface area (Å²) in [4.78, 5) is 39.3. The first-order valence-corrected chi connectivity index (χ1v) is 10.3. The van der Waals surface area contributed by atoms with Gasteiger partial charge in [-0.25, -0.2) is 4.79 Å². The van der Waals surface area contributed by atoms with E-state index in [1.54, 1.807) is 32.9 Å². The van der Waals surface area contributed by atoms with E-state index in [1.165, 1.54) is 24.3 Å². The zero-order chi connectivity index (χ0) is 24.6. The van der Waals surface area contributed by atoms with E-state index in [4.69, 9.17) is 4.74 Å². The Bertz CT molecular complexity index is 1040. The standard InChI is InChI=1S/C24H28N4O5/c1-16-7-5-6-8-19(16)27-22(31)21(17-9-11-18(29)12-10-17)28(14-13-25)20(30)15-26-23(32)33-24(2,3)4/h5-12,21,29H,14-15H2,1-4H3,(H,26,32)(H,27,31). The van der Waals surface area contributed by atoms with Gasteiger partial charge in [-0.2, -0.15) is 5.26 Å². The van der Waals surface area contributed by atoms with Crippen LogP contribution in [0.15, 0.2) is 48.5 Å². The Balaban J connectivity index is 2.32. The quantitative estimate of drug-likeness (QED) is 0.553. The molecule has 2 aromatic carbocycles. The second-order valence-corrected chi connectivity index (χ2v) is 8.33. The zero-order valence-corrected chi connectivity index (χ0v) is 19.1. The molecule has 0 saturated heterocycles. The van der Waals surface area contributed by atoms with Gasteiger partial charge < -0.3 is 25.4 Å². The summed E-state index contributed by atoms with van der Waals surface area (Å²) < 4.78 is 5.13. The molecule has 1 atom stereocenters. The van der Waals surface area contributed by atoms with Crippen molar-refractivity contribution in [2.24, 2.45) is 0 Å². The van der Waals surface area contributed by atoms with Gasteiger partial charge in [0.05, 0.1) is 6.07 Å². The molecule has 0 saturated carbocycles. The minimum absolute atomic E-state index is 0.0124. The molecule has 0 aliphatic carbocycles. The van der Waals surface area contributed by atoms with Crippen LogP contribution in [0.25, 0.3) is 0 Å². The van der Waals surface area contributed by atoms with Crippen LogP contribution < -0.4 is 10.6 Å². The van der Waals surface area contributed by atoms with Gasteiger partial charge in [0.25, 0.3) is 5.91 Å². The lowest BCUT2D eigenvalue weighted by atomic mass is 10.0. The van der Waals surface area contributed by atoms with E-state index in [-0.39, 0.29) is 5.75 Å². The van der Waals surface area contributed by atoms with Gasteiger partial charge in [-0.1, -0.05) is 30.3 Å². The number of ether oxygens (including phenoxy) is 1. The predicted molar refractivity (Wildman–Crippen MR) is 122 cm³/mol. The number of phenolic OH excluding ortho intramolecular Hbond substituents is 1. The third-order valence-corrected chi connectivity index (χ3v) is 4.52. The smallest absolute Gasteiger partial charge is 0.408 e. The van der Waals surface area contributed by atoms with Crippen LogP contribution in [0.1, 0.15) is 37.9 Å². The van der Waals surface area contributed by atoms with Gasteiger partial charge in [0.1, 0.15) is 30.5 Å². The molecule has 3 N–H and O–H groups in total. The Labute approximate surface area is 193 Å². The van der Waals surface area contributed by atoms with Gasteiger partial charge >= 0.3 is 6.09 Å². The van der Waals surface area contributed by atoms with Crippen LogP contribution in [0, 0.1) is 18.3 Å². The number of rotatable bonds is 7. The lowest BCUT2D eigenvalue weighted by molar-refractivity contribution is -0.137. The van der Waals surface area contributed by atoms with Crippen molar-refractivity contribution in [3.8, 4) is 11.8 Å². The largest absolute Gasteiger partial charge is 0.508 e. The summed E-state index contributed by atoms with van der Waals surface area (Å²) >= 11 is 0. The van der Waals surface area contributed by atoms with E-state index in [1.807, 2.05) is 25.1 Å². The number of amides is 3. The number of aryl methyl sites for hydroxylation is 1. The van der Waals surface area contributed by atoms with Gasteiger partial charge in [0.2, 0.25) is 5.91 Å². The molecule has 2 aromatic rings. The topological polar surface area (TPSA) is 132 Å². The maximum Gasteiger partial charge on any atom is 0.408 e. The van der Waals surface area contributed by atoms with Gasteiger partial charge in [0, 0.05) is 5.69 Å². The molecule has 9 nitrogen and oxygen atoms in total. The van der Waals surface area contributed by atoms with Gasteiger partial charge in [-0.05, 0) is 57.0 Å². The number of nitrogens with one attached hydrogen (secondary N) is 2. The summed E-state index contributed by atoms with van der Waals surface area (Å²) in [6, 6.07) is 13.6. The molecule has 1 unspecified atom stereocenters. The number of nitriles is 1. The Morgan fingerprint density at radius 2 is 1.76 bits per heavy atom. The molecule has 0 fully saturated rings. The Morgan fingerprint density at radius 1 is 1.12 bits per heavy atom. The molecule has 3 amide bonds. The van der Waals surface area contributed by atoms with Crippen molar-refractivity contribution < 1.29 is 24.2 Å². The van der Waals surface area contributed by atoms with Crippen LogP contribution in [0.2, 0.25) is 0 Å². The van der Waals surface area contributed by atoms with E-state index in [0.29, 0.717) is 11.3 Å². The maximum atomic E-state index is 13.3. The fraction of sp³-hybridized carbons (Fsp3) is 0.333. The number of hydrogen-bond donors (Lipinski definition) is 3. The highest BCUT2D eigenvalue weighted by Crippen LogP contribution is 2.26. The van der Waals surface area contributed by atoms with Crippen molar-refractivity contribution in [1.29, 1.82) is 5.26 Å². The van der Waals surface area contributed by atoms with E-state index in [2.05, 4.69) is 10.6 Å². The number of alkyl carbamates (subject to hydrolysis) is 1. The number of para-hydroxylation sites is 1. The molecular formula is C24H28N4O5. The number of anilines is 1. The molecule has 0 aliphatic heterocycles. The summed E-state index contributed by atoms with van der Waals surface area (Å²) in [6.07, 6.45) is -0.793. The van der Waals surface area contributed by atoms with E-state index in [9.17, 15) is 24.8 Å². The lowest BCUT2D eigenvalue weighted by Gasteiger charge is -2.30. The van der Waals surface area contributed by atoms with Crippen LogP contribution in [-0.2, 0) is 14.3 Å². The molecule has 9 heteroatoms. The molecule has 0 aromatic heterocycles. The number of benzene rings is 2. The zero-order valence-electron chi connectivity index (χ0n) is 19.1. The predicted octanol–water partition coefficient (Wildman–Crippen LogP) is 3.26. The van der Waals surface area contributed by atoms with E-state index < -0.39 is 42.6 Å². The van der Waals surface area contributed by atoms with Crippen LogP contribution in [0.3, 0.4) is 0 Å². The van der Waals surface area contributed by atoms with E-state index in [0.717, 1.165) is 10.5 Å². The number of nitrogens with zero attached hydrogens (tertiary/aromatic N) is 2. The van der Waals surface area contributed by atoms with E-state index >= 15 is 0 Å². The molecule has 174 valence electrons. The number of aromatic hydroxyl groups is 1. The molecule has 0 aliphatic rings. The number of phenols is 1. The Morgan fingerprint density at radius 3 is 2.33 bits per heavy atom. The van der Waals surface area contributed by atoms with Gasteiger partial charge in [-0.3, -0.25) is 9.59 Å². The summed E-state index contributed by atoms with van der Waals surface area (Å²) in [5.41, 5.74) is 1.02. The first kappa shape index (κ1) is 25.2. The Kier molecular flexibility index (Phi) is 8.40. The van der Waals surface area contributed by atoms with Crippen molar-refractivity contribution in [2.45, 2.75) is 39.3 Å². The highest BCUT2D eigenvalue weighted by Gasteiger charge is 2.32. The van der Waals surface area contributed by atoms with Gasteiger partial charge in [0.15, 0.2) is 0 Å². The molecule has 0 bridgehead atoms. The molecule has 0 heterocycles. The lowest BCUT2D eigenvalue weighted by Crippen LogP contribution is -2.46. The van der Waals surface area contributed by atoms with Crippen molar-refractivity contribution in [3.63, 3.8) is 0 Å². The fourth-order valence-corrected chi connectivity index (χ4v) is 3.01. The van der Waals surface area contributed by atoms with Crippen molar-refractivity contribution in [1.82, 2.24) is 10.2 Å². The number of carbonyl (C=O) groups excluding carboxylic acids is 3. The first-order chi connectivity index (χ1) is 15.5. The highest BCUT2D eigenvalue weighted by molar-refractivity contribution is 5.99. The monoisotopic (exact) mass is 452 g/mol. The van der Waals surface area contributed by atoms with Crippen LogP contribution in [0.4, 0.5) is 10.5 Å². The number of hydrogen-bond acceptors (Lipinski definition) is 6. The molecule has 0 radical (unpaired) electrons. The third-order valence-electron chi connectivity index (χ3n) is 4.52. The molecule has 33 heavy (non-hydrogen) atoms. The Hall–Kier alpha value is -4.06.